The van der Waals surface area contributed by atoms with E-state index in [0.717, 1.165) is 0 Å². The maximum Gasteiger partial charge on any atom is 0.326 e. The zero-order valence-electron chi connectivity index (χ0n) is 50.8. The molecule has 0 radical (unpaired) electrons. The molecule has 0 unspecified atom stereocenters. The minimum absolute atomic E-state index is 0.0447. The summed E-state index contributed by atoms with van der Waals surface area (Å²) in [5.41, 5.74) is 8.80. The van der Waals surface area contributed by atoms with E-state index < -0.39 is 170 Å². The standard InChI is InChI=1S/C61H78N12O18S/c1-31(2)22-38(62)53(82)73-48(30-74)60(89)71-46(27-51(79)80)59(88)70-45(26-50(77)78)58(87)66-41(18-19-49(75)76)54(83)69-43(24-34-28-63-39-16-10-8-14-36(34)39)56(85)65-32(3)52(81)68-44(25-35-29-64-40-17-11-9-15-37(35)40)57(86)67-42(20-21-92-4)55(84)72-47(61(90)91)23-33-12-6-5-7-13-33/h5-17,28-29,31-32,38,41-48,63-64,74H,18-27,30,62H2,1-4H3,(H,65,85)(H,66,87)(H,67,86)(H,68,81)(H,69,83)(H,70,88)(H,71,89)(H,72,84)(H,73,82)(H,75,76)(H,77,78)(H,79,80)(H,90,91)/t32-,38-,41-,42-,43-,44-,45-,46-,47-,48-/m0/s1. The van der Waals surface area contributed by atoms with Crippen molar-refractivity contribution in [2.24, 2.45) is 11.7 Å². The maximum atomic E-state index is 14.6. The highest BCUT2D eigenvalue weighted by Crippen LogP contribution is 2.22. The van der Waals surface area contributed by atoms with E-state index in [4.69, 9.17) is 5.73 Å². The summed E-state index contributed by atoms with van der Waals surface area (Å²) in [7, 11) is 0. The average Bonchev–Trinajstić information content (AvgIpc) is 1.68. The number of H-pyrrole nitrogens is 2. The molecule has 2 aromatic heterocycles. The first-order valence-electron chi connectivity index (χ1n) is 29.3. The smallest absolute Gasteiger partial charge is 0.326 e. The van der Waals surface area contributed by atoms with Gasteiger partial charge in [-0.15, -0.1) is 0 Å². The Bertz CT molecular complexity index is 3450. The summed E-state index contributed by atoms with van der Waals surface area (Å²) >= 11 is 1.36. The van der Waals surface area contributed by atoms with Crippen LogP contribution in [0.1, 0.15) is 76.0 Å². The van der Waals surface area contributed by atoms with Crippen molar-refractivity contribution in [3.8, 4) is 0 Å². The lowest BCUT2D eigenvalue weighted by molar-refractivity contribution is -0.144. The third-order valence-electron chi connectivity index (χ3n) is 14.5. The van der Waals surface area contributed by atoms with Gasteiger partial charge in [0, 0.05) is 59.9 Å². The molecule has 0 spiro atoms. The molecule has 30 nitrogen and oxygen atoms in total. The summed E-state index contributed by atoms with van der Waals surface area (Å²) in [5, 5.41) is 71.9. The monoisotopic (exact) mass is 1300 g/mol. The number of amides is 9. The molecule has 2 heterocycles. The summed E-state index contributed by atoms with van der Waals surface area (Å²) in [5.74, 6) is -15.8. The Balaban J connectivity index is 1.40. The van der Waals surface area contributed by atoms with Crippen LogP contribution in [0.25, 0.3) is 21.8 Å². The number of benzene rings is 3. The van der Waals surface area contributed by atoms with Crippen LogP contribution in [0.3, 0.4) is 0 Å². The average molecular weight is 1300 g/mol. The van der Waals surface area contributed by atoms with E-state index in [1.54, 1.807) is 105 Å². The topological polar surface area (TPSA) is 489 Å². The lowest BCUT2D eigenvalue weighted by atomic mass is 10.0. The molecule has 9 amide bonds. The van der Waals surface area contributed by atoms with Gasteiger partial charge >= 0.3 is 23.9 Å². The number of aliphatic carboxylic acids is 4. The molecular formula is C61H78N12O18S. The number of carboxylic acids is 4. The highest BCUT2D eigenvalue weighted by molar-refractivity contribution is 7.98. The van der Waals surface area contributed by atoms with Crippen LogP contribution in [0.15, 0.2) is 91.3 Å². The molecule has 5 aromatic rings. The van der Waals surface area contributed by atoms with E-state index in [0.29, 0.717) is 44.2 Å². The Kier molecular flexibility index (Phi) is 28.1. The summed E-state index contributed by atoms with van der Waals surface area (Å²) in [6.45, 7) is 3.75. The first-order chi connectivity index (χ1) is 43.7. The van der Waals surface area contributed by atoms with E-state index in [9.17, 15) is 87.9 Å². The summed E-state index contributed by atoms with van der Waals surface area (Å²) in [4.78, 5) is 180. The second-order valence-electron chi connectivity index (χ2n) is 22.2. The minimum Gasteiger partial charge on any atom is -0.481 e. The number of aromatic nitrogens is 2. The van der Waals surface area contributed by atoms with Gasteiger partial charge in [-0.05, 0) is 72.9 Å². The number of para-hydroxylation sites is 2. The number of fused-ring (bicyclic) bond motifs is 2. The third-order valence-corrected chi connectivity index (χ3v) is 15.2. The zero-order chi connectivity index (χ0) is 67.8. The van der Waals surface area contributed by atoms with E-state index in [1.165, 1.54) is 24.9 Å². The van der Waals surface area contributed by atoms with Gasteiger partial charge in [0.15, 0.2) is 0 Å². The van der Waals surface area contributed by atoms with Gasteiger partial charge in [0.05, 0.1) is 25.5 Å². The molecule has 18 N–H and O–H groups in total. The van der Waals surface area contributed by atoms with Crippen LogP contribution in [0.4, 0.5) is 0 Å². The Morgan fingerprint density at radius 2 is 0.859 bits per heavy atom. The summed E-state index contributed by atoms with van der Waals surface area (Å²) in [6, 6.07) is 6.08. The second-order valence-corrected chi connectivity index (χ2v) is 23.2. The number of nitrogens with two attached hydrogens (primary N) is 1. The van der Waals surface area contributed by atoms with E-state index in [-0.39, 0.29) is 38.0 Å². The Morgan fingerprint density at radius 3 is 1.33 bits per heavy atom. The Labute approximate surface area is 531 Å². The molecule has 0 saturated heterocycles. The molecule has 10 atom stereocenters. The van der Waals surface area contributed by atoms with Crippen molar-refractivity contribution >= 4 is 111 Å². The van der Waals surface area contributed by atoms with Gasteiger partial charge in [0.25, 0.3) is 0 Å². The number of carboxylic acid groups (broad SMARTS) is 4. The molecule has 0 aliphatic heterocycles. The molecule has 0 fully saturated rings. The van der Waals surface area contributed by atoms with Crippen molar-refractivity contribution in [1.82, 2.24) is 57.8 Å². The van der Waals surface area contributed by atoms with Gasteiger partial charge in [-0.2, -0.15) is 11.8 Å². The summed E-state index contributed by atoms with van der Waals surface area (Å²) in [6.07, 6.45) is 0.585. The number of aliphatic hydroxyl groups is 1. The highest BCUT2D eigenvalue weighted by atomic mass is 32.2. The van der Waals surface area contributed by atoms with Gasteiger partial charge in [0.2, 0.25) is 53.2 Å². The third kappa shape index (κ3) is 22.6. The van der Waals surface area contributed by atoms with Crippen LogP contribution in [0.5, 0.6) is 0 Å². The first-order valence-corrected chi connectivity index (χ1v) is 30.7. The molecule has 31 heteroatoms. The Hall–Kier alpha value is -9.88. The van der Waals surface area contributed by atoms with E-state index in [1.807, 2.05) is 10.6 Å². The number of aromatic amines is 2. The molecule has 0 bridgehead atoms. The maximum absolute atomic E-state index is 14.6. The number of hydrogen-bond donors (Lipinski definition) is 17. The van der Waals surface area contributed by atoms with Gasteiger partial charge in [0.1, 0.15) is 54.4 Å². The van der Waals surface area contributed by atoms with Gasteiger partial charge in [-0.3, -0.25) is 57.5 Å². The molecule has 496 valence electrons. The van der Waals surface area contributed by atoms with Gasteiger partial charge in [-0.1, -0.05) is 80.6 Å². The first kappa shape index (κ1) is 72.9. The van der Waals surface area contributed by atoms with Crippen molar-refractivity contribution in [1.29, 1.82) is 0 Å². The quantitative estimate of drug-likeness (QED) is 0.0227. The fourth-order valence-electron chi connectivity index (χ4n) is 9.72. The normalized spacial score (nSPS) is 14.5. The van der Waals surface area contributed by atoms with Crippen molar-refractivity contribution in [3.63, 3.8) is 0 Å². The van der Waals surface area contributed by atoms with Crippen LogP contribution in [0.2, 0.25) is 0 Å². The second kappa shape index (κ2) is 35.5. The fourth-order valence-corrected chi connectivity index (χ4v) is 10.2. The van der Waals surface area contributed by atoms with Crippen molar-refractivity contribution in [2.45, 2.75) is 139 Å². The number of nitrogens with one attached hydrogen (secondary N) is 11. The largest absolute Gasteiger partial charge is 0.481 e. The SMILES string of the molecule is CSCC[C@H](NC(=O)[C@H](Cc1c[nH]c2ccccc12)NC(=O)[C@H](C)NC(=O)[C@H](Cc1c[nH]c2ccccc12)NC(=O)[C@H](CCC(=O)O)NC(=O)[C@H](CC(=O)O)NC(=O)[C@H](CC(=O)O)NC(=O)[C@H](CO)NC(=O)[C@@H](N)CC(C)C)C(=O)N[C@@H](Cc1ccccc1)C(=O)O. The van der Waals surface area contributed by atoms with Crippen molar-refractivity contribution in [3.05, 3.63) is 108 Å². The van der Waals surface area contributed by atoms with Gasteiger partial charge < -0.3 is 89.1 Å². The molecule has 5 rings (SSSR count). The number of carbonyl (C=O) groups is 13. The number of rotatable bonds is 38. The minimum atomic E-state index is -2.17. The predicted molar refractivity (Wildman–Crippen MR) is 334 cm³/mol. The van der Waals surface area contributed by atoms with Crippen LogP contribution in [-0.4, -0.2) is 192 Å². The number of carbonyl (C=O) groups excluding carboxylic acids is 9. The fraction of sp³-hybridized carbons (Fsp3) is 0.426. The highest BCUT2D eigenvalue weighted by Gasteiger charge is 2.37. The van der Waals surface area contributed by atoms with Crippen molar-refractivity contribution < 1.29 is 87.9 Å². The Morgan fingerprint density at radius 1 is 0.457 bits per heavy atom. The molecule has 0 saturated carbocycles. The molecule has 3 aromatic carbocycles. The zero-order valence-corrected chi connectivity index (χ0v) is 51.6. The van der Waals surface area contributed by atoms with Crippen LogP contribution in [0, 0.1) is 5.92 Å². The lowest BCUT2D eigenvalue weighted by Crippen LogP contribution is -2.61. The number of hydrogen-bond acceptors (Lipinski definition) is 16. The van der Waals surface area contributed by atoms with Crippen LogP contribution < -0.4 is 53.6 Å². The van der Waals surface area contributed by atoms with Gasteiger partial charge in [-0.25, -0.2) is 4.79 Å². The molecule has 92 heavy (non-hydrogen) atoms. The van der Waals surface area contributed by atoms with Crippen LogP contribution >= 0.6 is 11.8 Å². The van der Waals surface area contributed by atoms with E-state index >= 15 is 0 Å². The number of thioether (sulfide) groups is 1. The lowest BCUT2D eigenvalue weighted by Gasteiger charge is -2.27. The summed E-state index contributed by atoms with van der Waals surface area (Å²) < 4.78 is 0. The van der Waals surface area contributed by atoms with Crippen molar-refractivity contribution in [2.75, 3.05) is 18.6 Å². The van der Waals surface area contributed by atoms with Crippen LogP contribution in [-0.2, 0) is 81.6 Å². The predicted octanol–water partition coefficient (Wildman–Crippen LogP) is -0.922. The molecular weight excluding hydrogens is 1220 g/mol. The number of aliphatic hydroxyl groups excluding tert-OH is 1. The molecule has 0 aliphatic carbocycles. The molecule has 0 aliphatic rings. The van der Waals surface area contributed by atoms with E-state index in [2.05, 4.69) is 47.2 Å².